The molecular formula is C17H18FNOS2. The molecule has 5 heteroatoms. The summed E-state index contributed by atoms with van der Waals surface area (Å²) in [5.41, 5.74) is 0.707. The molecule has 0 saturated heterocycles. The Hall–Kier alpha value is -1.46. The minimum atomic E-state index is -0.168. The lowest BCUT2D eigenvalue weighted by Crippen LogP contribution is -2.27. The van der Waals surface area contributed by atoms with E-state index < -0.39 is 0 Å². The van der Waals surface area contributed by atoms with E-state index in [2.05, 4.69) is 5.32 Å². The number of benzene rings is 2. The Morgan fingerprint density at radius 2 is 1.77 bits per heavy atom. The molecule has 0 aromatic heterocycles. The Kier molecular flexibility index (Phi) is 7.33. The molecule has 0 bridgehead atoms. The summed E-state index contributed by atoms with van der Waals surface area (Å²) in [6.07, 6.45) is 0. The maximum absolute atomic E-state index is 13.4. The van der Waals surface area contributed by atoms with E-state index >= 15 is 0 Å². The van der Waals surface area contributed by atoms with Gasteiger partial charge in [-0.25, -0.2) is 4.39 Å². The SMILES string of the molecule is O=C(CSc1ccccc1)NCCSCc1ccccc1F. The van der Waals surface area contributed by atoms with E-state index in [4.69, 9.17) is 0 Å². The first-order valence-corrected chi connectivity index (χ1v) is 9.15. The molecule has 1 N–H and O–H groups in total. The fourth-order valence-corrected chi connectivity index (χ4v) is 3.37. The molecule has 0 atom stereocenters. The summed E-state index contributed by atoms with van der Waals surface area (Å²) < 4.78 is 13.4. The average molecular weight is 335 g/mol. The van der Waals surface area contributed by atoms with Crippen LogP contribution in [0.2, 0.25) is 0 Å². The summed E-state index contributed by atoms with van der Waals surface area (Å²) in [4.78, 5) is 12.8. The van der Waals surface area contributed by atoms with Crippen molar-refractivity contribution in [1.82, 2.24) is 5.32 Å². The Balaban J connectivity index is 1.57. The maximum Gasteiger partial charge on any atom is 0.230 e. The minimum Gasteiger partial charge on any atom is -0.355 e. The van der Waals surface area contributed by atoms with Crippen molar-refractivity contribution in [1.29, 1.82) is 0 Å². The number of hydrogen-bond acceptors (Lipinski definition) is 3. The van der Waals surface area contributed by atoms with E-state index in [0.29, 0.717) is 23.6 Å². The second-order valence-corrected chi connectivity index (χ2v) is 6.75. The number of halogens is 1. The van der Waals surface area contributed by atoms with Gasteiger partial charge in [0.05, 0.1) is 5.75 Å². The van der Waals surface area contributed by atoms with Gasteiger partial charge in [-0.1, -0.05) is 36.4 Å². The molecule has 0 unspecified atom stereocenters. The second-order valence-electron chi connectivity index (χ2n) is 4.60. The van der Waals surface area contributed by atoms with E-state index in [-0.39, 0.29) is 11.7 Å². The molecule has 0 aliphatic rings. The Bertz CT molecular complexity index is 592. The average Bonchev–Trinajstić information content (AvgIpc) is 2.55. The zero-order valence-electron chi connectivity index (χ0n) is 12.1. The fourth-order valence-electron chi connectivity index (χ4n) is 1.78. The van der Waals surface area contributed by atoms with Gasteiger partial charge in [0.15, 0.2) is 0 Å². The molecule has 1 amide bonds. The van der Waals surface area contributed by atoms with Crippen LogP contribution < -0.4 is 5.32 Å². The summed E-state index contributed by atoms with van der Waals surface area (Å²) in [6, 6.07) is 16.6. The van der Waals surface area contributed by atoms with E-state index in [1.165, 1.54) is 17.8 Å². The summed E-state index contributed by atoms with van der Waals surface area (Å²) in [5.74, 6) is 1.68. The Morgan fingerprint density at radius 1 is 1.05 bits per heavy atom. The Labute approximate surface area is 138 Å². The maximum atomic E-state index is 13.4. The number of carbonyl (C=O) groups is 1. The lowest BCUT2D eigenvalue weighted by Gasteiger charge is -2.06. The van der Waals surface area contributed by atoms with Crippen LogP contribution in [0.15, 0.2) is 59.5 Å². The number of carbonyl (C=O) groups excluding carboxylic acids is 1. The monoisotopic (exact) mass is 335 g/mol. The third-order valence-corrected chi connectivity index (χ3v) is 4.92. The van der Waals surface area contributed by atoms with Gasteiger partial charge in [0, 0.05) is 22.9 Å². The number of hydrogen-bond donors (Lipinski definition) is 1. The first-order valence-electron chi connectivity index (χ1n) is 7.01. The van der Waals surface area contributed by atoms with Crippen LogP contribution in [-0.4, -0.2) is 24.0 Å². The molecule has 2 aromatic rings. The molecule has 2 nitrogen and oxygen atoms in total. The normalized spacial score (nSPS) is 10.4. The van der Waals surface area contributed by atoms with E-state index in [0.717, 1.165) is 10.6 Å². The smallest absolute Gasteiger partial charge is 0.230 e. The number of amides is 1. The highest BCUT2D eigenvalue weighted by Gasteiger charge is 2.03. The molecule has 0 radical (unpaired) electrons. The first-order chi connectivity index (χ1) is 10.8. The molecule has 0 saturated carbocycles. The quantitative estimate of drug-likeness (QED) is 0.585. The van der Waals surface area contributed by atoms with Gasteiger partial charge in [-0.15, -0.1) is 11.8 Å². The van der Waals surface area contributed by atoms with E-state index in [9.17, 15) is 9.18 Å². The van der Waals surface area contributed by atoms with Crippen molar-refractivity contribution in [2.75, 3.05) is 18.1 Å². The topological polar surface area (TPSA) is 29.1 Å². The van der Waals surface area contributed by atoms with Crippen molar-refractivity contribution < 1.29 is 9.18 Å². The number of thioether (sulfide) groups is 2. The molecule has 2 aromatic carbocycles. The predicted octanol–water partition coefficient (Wildman–Crippen LogP) is 3.97. The third kappa shape index (κ3) is 6.12. The predicted molar refractivity (Wildman–Crippen MR) is 92.7 cm³/mol. The summed E-state index contributed by atoms with van der Waals surface area (Å²) in [5, 5.41) is 2.88. The largest absolute Gasteiger partial charge is 0.355 e. The molecule has 22 heavy (non-hydrogen) atoms. The van der Waals surface area contributed by atoms with Gasteiger partial charge in [0.25, 0.3) is 0 Å². The van der Waals surface area contributed by atoms with Gasteiger partial charge in [-0.05, 0) is 23.8 Å². The van der Waals surface area contributed by atoms with Crippen molar-refractivity contribution in [3.63, 3.8) is 0 Å². The highest BCUT2D eigenvalue weighted by Crippen LogP contribution is 2.16. The van der Waals surface area contributed by atoms with Crippen LogP contribution in [-0.2, 0) is 10.5 Å². The lowest BCUT2D eigenvalue weighted by molar-refractivity contribution is -0.118. The van der Waals surface area contributed by atoms with Crippen LogP contribution in [0.1, 0.15) is 5.56 Å². The minimum absolute atomic E-state index is 0.0281. The zero-order chi connectivity index (χ0) is 15.6. The summed E-state index contributed by atoms with van der Waals surface area (Å²) in [7, 11) is 0. The fraction of sp³-hybridized carbons (Fsp3) is 0.235. The van der Waals surface area contributed by atoms with Crippen molar-refractivity contribution in [3.8, 4) is 0 Å². The third-order valence-electron chi connectivity index (χ3n) is 2.90. The van der Waals surface area contributed by atoms with Crippen molar-refractivity contribution in [2.45, 2.75) is 10.6 Å². The molecule has 116 valence electrons. The summed E-state index contributed by atoms with van der Waals surface area (Å²) in [6.45, 7) is 0.604. The van der Waals surface area contributed by atoms with Crippen LogP contribution in [0, 0.1) is 5.82 Å². The van der Waals surface area contributed by atoms with Crippen LogP contribution in [0.5, 0.6) is 0 Å². The standard InChI is InChI=1S/C17H18FNOS2/c18-16-9-5-4-6-14(16)12-21-11-10-19-17(20)13-22-15-7-2-1-3-8-15/h1-9H,10-13H2,(H,19,20). The Morgan fingerprint density at radius 3 is 2.55 bits per heavy atom. The van der Waals surface area contributed by atoms with Gasteiger partial charge in [-0.2, -0.15) is 11.8 Å². The van der Waals surface area contributed by atoms with Crippen molar-refractivity contribution in [3.05, 3.63) is 66.0 Å². The van der Waals surface area contributed by atoms with Gasteiger partial charge < -0.3 is 5.32 Å². The molecule has 0 spiro atoms. The van der Waals surface area contributed by atoms with Gasteiger partial charge in [0.2, 0.25) is 5.91 Å². The second kappa shape index (κ2) is 9.54. The van der Waals surface area contributed by atoms with E-state index in [1.54, 1.807) is 23.9 Å². The molecular weight excluding hydrogens is 317 g/mol. The lowest BCUT2D eigenvalue weighted by atomic mass is 10.2. The van der Waals surface area contributed by atoms with Crippen LogP contribution in [0.3, 0.4) is 0 Å². The molecule has 2 rings (SSSR count). The molecule has 0 fully saturated rings. The number of nitrogens with one attached hydrogen (secondary N) is 1. The molecule has 0 aliphatic heterocycles. The zero-order valence-corrected chi connectivity index (χ0v) is 13.8. The van der Waals surface area contributed by atoms with Gasteiger partial charge >= 0.3 is 0 Å². The summed E-state index contributed by atoms with van der Waals surface area (Å²) >= 11 is 3.14. The van der Waals surface area contributed by atoms with Crippen LogP contribution >= 0.6 is 23.5 Å². The highest BCUT2D eigenvalue weighted by molar-refractivity contribution is 8.00. The number of rotatable bonds is 8. The van der Waals surface area contributed by atoms with Gasteiger partial charge in [-0.3, -0.25) is 4.79 Å². The molecule has 0 heterocycles. The van der Waals surface area contributed by atoms with Crippen molar-refractivity contribution >= 4 is 29.4 Å². The van der Waals surface area contributed by atoms with Gasteiger partial charge in [0.1, 0.15) is 5.82 Å². The van der Waals surface area contributed by atoms with E-state index in [1.807, 2.05) is 36.4 Å². The molecule has 0 aliphatic carbocycles. The van der Waals surface area contributed by atoms with Crippen LogP contribution in [0.4, 0.5) is 4.39 Å². The van der Waals surface area contributed by atoms with Crippen molar-refractivity contribution in [2.24, 2.45) is 0 Å². The van der Waals surface area contributed by atoms with Crippen LogP contribution in [0.25, 0.3) is 0 Å². The first kappa shape index (κ1) is 16.9. The highest BCUT2D eigenvalue weighted by atomic mass is 32.2.